The lowest BCUT2D eigenvalue weighted by molar-refractivity contribution is 0.368. The SMILES string of the molecule is N#CCOc1ccc(CNc2ccc(F)cc2I)cc1. The molecule has 0 radical (unpaired) electrons. The third-order valence-corrected chi connectivity index (χ3v) is 3.53. The predicted octanol–water partition coefficient (Wildman–Crippen LogP) is 3.94. The van der Waals surface area contributed by atoms with Crippen molar-refractivity contribution in [3.63, 3.8) is 0 Å². The van der Waals surface area contributed by atoms with Gasteiger partial charge in [0.15, 0.2) is 6.61 Å². The van der Waals surface area contributed by atoms with Crippen LogP contribution in [0.3, 0.4) is 0 Å². The zero-order chi connectivity index (χ0) is 14.4. The molecule has 2 rings (SSSR count). The van der Waals surface area contributed by atoms with E-state index in [1.165, 1.54) is 12.1 Å². The van der Waals surface area contributed by atoms with Gasteiger partial charge >= 0.3 is 0 Å². The molecular formula is C15H12FIN2O. The van der Waals surface area contributed by atoms with E-state index in [2.05, 4.69) is 27.9 Å². The summed E-state index contributed by atoms with van der Waals surface area (Å²) in [5, 5.41) is 11.7. The molecule has 0 aliphatic carbocycles. The second kappa shape index (κ2) is 7.10. The highest BCUT2D eigenvalue weighted by Crippen LogP contribution is 2.20. The fourth-order valence-electron chi connectivity index (χ4n) is 1.65. The standard InChI is InChI=1S/C15H12FIN2O/c16-12-3-6-15(14(17)9-12)19-10-11-1-4-13(5-2-11)20-8-7-18/h1-6,9,19H,8,10H2. The van der Waals surface area contributed by atoms with E-state index in [-0.39, 0.29) is 12.4 Å². The van der Waals surface area contributed by atoms with Crippen molar-refractivity contribution < 1.29 is 9.13 Å². The van der Waals surface area contributed by atoms with E-state index >= 15 is 0 Å². The molecule has 1 N–H and O–H groups in total. The second-order valence-corrected chi connectivity index (χ2v) is 5.23. The predicted molar refractivity (Wildman–Crippen MR) is 84.0 cm³/mol. The fourth-order valence-corrected chi connectivity index (χ4v) is 2.32. The summed E-state index contributed by atoms with van der Waals surface area (Å²) >= 11 is 2.10. The second-order valence-electron chi connectivity index (χ2n) is 4.07. The summed E-state index contributed by atoms with van der Waals surface area (Å²) in [6, 6.07) is 14.1. The summed E-state index contributed by atoms with van der Waals surface area (Å²) in [6.45, 7) is 0.686. The van der Waals surface area contributed by atoms with E-state index in [1.807, 2.05) is 30.3 Å². The summed E-state index contributed by atoms with van der Waals surface area (Å²) in [5.41, 5.74) is 1.98. The number of nitriles is 1. The lowest BCUT2D eigenvalue weighted by atomic mass is 10.2. The molecule has 3 nitrogen and oxygen atoms in total. The van der Waals surface area contributed by atoms with Crippen molar-refractivity contribution in [3.8, 4) is 11.8 Å². The van der Waals surface area contributed by atoms with E-state index in [4.69, 9.17) is 10.00 Å². The number of ether oxygens (including phenoxy) is 1. The smallest absolute Gasteiger partial charge is 0.174 e. The van der Waals surface area contributed by atoms with Gasteiger partial charge in [-0.15, -0.1) is 0 Å². The van der Waals surface area contributed by atoms with Gasteiger partial charge in [0.05, 0.1) is 0 Å². The number of rotatable bonds is 5. The maximum atomic E-state index is 13.0. The maximum absolute atomic E-state index is 13.0. The number of benzene rings is 2. The van der Waals surface area contributed by atoms with Crippen molar-refractivity contribution in [2.24, 2.45) is 0 Å². The molecule has 0 spiro atoms. The van der Waals surface area contributed by atoms with E-state index in [9.17, 15) is 4.39 Å². The largest absolute Gasteiger partial charge is 0.479 e. The summed E-state index contributed by atoms with van der Waals surface area (Å²) in [7, 11) is 0. The molecule has 5 heteroatoms. The number of nitrogens with zero attached hydrogens (tertiary/aromatic N) is 1. The zero-order valence-corrected chi connectivity index (χ0v) is 12.7. The first-order valence-corrected chi connectivity index (χ1v) is 7.04. The molecule has 0 aliphatic rings. The molecule has 2 aromatic carbocycles. The quantitative estimate of drug-likeness (QED) is 0.797. The molecule has 2 aromatic rings. The average molecular weight is 382 g/mol. The van der Waals surface area contributed by atoms with Gasteiger partial charge in [0.1, 0.15) is 17.6 Å². The molecule has 0 saturated carbocycles. The van der Waals surface area contributed by atoms with Crippen LogP contribution < -0.4 is 10.1 Å². The zero-order valence-electron chi connectivity index (χ0n) is 10.6. The number of hydrogen-bond acceptors (Lipinski definition) is 3. The Morgan fingerprint density at radius 2 is 1.95 bits per heavy atom. The third kappa shape index (κ3) is 4.10. The van der Waals surface area contributed by atoms with Crippen LogP contribution >= 0.6 is 22.6 Å². The topological polar surface area (TPSA) is 45.0 Å². The molecule has 20 heavy (non-hydrogen) atoms. The fraction of sp³-hybridized carbons (Fsp3) is 0.133. The van der Waals surface area contributed by atoms with Crippen LogP contribution in [0.1, 0.15) is 5.56 Å². The highest BCUT2D eigenvalue weighted by atomic mass is 127. The van der Waals surface area contributed by atoms with E-state index in [0.717, 1.165) is 14.8 Å². The number of nitrogens with one attached hydrogen (secondary N) is 1. The van der Waals surface area contributed by atoms with Gasteiger partial charge in [0.25, 0.3) is 0 Å². The van der Waals surface area contributed by atoms with Gasteiger partial charge in [-0.25, -0.2) is 4.39 Å². The maximum Gasteiger partial charge on any atom is 0.174 e. The van der Waals surface area contributed by atoms with Crippen LogP contribution in [0.5, 0.6) is 5.75 Å². The lowest BCUT2D eigenvalue weighted by Gasteiger charge is -2.09. The highest BCUT2D eigenvalue weighted by Gasteiger charge is 2.01. The Hall–Kier alpha value is -1.81. The number of anilines is 1. The Kier molecular flexibility index (Phi) is 5.18. The third-order valence-electron chi connectivity index (χ3n) is 2.64. The Bertz CT molecular complexity index is 623. The van der Waals surface area contributed by atoms with Crippen molar-refractivity contribution in [1.82, 2.24) is 0 Å². The normalized spacial score (nSPS) is 9.85. The summed E-state index contributed by atoms with van der Waals surface area (Å²) in [4.78, 5) is 0. The van der Waals surface area contributed by atoms with Crippen LogP contribution in [0.25, 0.3) is 0 Å². The molecular weight excluding hydrogens is 370 g/mol. The van der Waals surface area contributed by atoms with E-state index < -0.39 is 0 Å². The molecule has 0 saturated heterocycles. The van der Waals surface area contributed by atoms with Crippen molar-refractivity contribution in [1.29, 1.82) is 5.26 Å². The van der Waals surface area contributed by atoms with Crippen LogP contribution in [0.4, 0.5) is 10.1 Å². The minimum absolute atomic E-state index is 0.0470. The van der Waals surface area contributed by atoms with Crippen LogP contribution in [0, 0.1) is 20.7 Å². The Morgan fingerprint density at radius 1 is 1.20 bits per heavy atom. The molecule has 0 bridgehead atoms. The molecule has 0 heterocycles. The van der Waals surface area contributed by atoms with Crippen LogP contribution in [0.15, 0.2) is 42.5 Å². The number of halogens is 2. The molecule has 0 aromatic heterocycles. The van der Waals surface area contributed by atoms with Gasteiger partial charge in [-0.1, -0.05) is 12.1 Å². The van der Waals surface area contributed by atoms with Gasteiger partial charge < -0.3 is 10.1 Å². The van der Waals surface area contributed by atoms with E-state index in [1.54, 1.807) is 6.07 Å². The van der Waals surface area contributed by atoms with Crippen molar-refractivity contribution in [2.45, 2.75) is 6.54 Å². The van der Waals surface area contributed by atoms with Gasteiger partial charge in [-0.05, 0) is 58.5 Å². The Morgan fingerprint density at radius 3 is 2.60 bits per heavy atom. The minimum atomic E-state index is -0.237. The monoisotopic (exact) mass is 382 g/mol. The van der Waals surface area contributed by atoms with Gasteiger partial charge in [-0.3, -0.25) is 0 Å². The summed E-state index contributed by atoms with van der Waals surface area (Å²) in [6.07, 6.45) is 0. The van der Waals surface area contributed by atoms with E-state index in [0.29, 0.717) is 12.3 Å². The first kappa shape index (κ1) is 14.6. The number of hydrogen-bond donors (Lipinski definition) is 1. The van der Waals surface area contributed by atoms with Crippen LogP contribution in [-0.2, 0) is 6.54 Å². The highest BCUT2D eigenvalue weighted by molar-refractivity contribution is 14.1. The molecule has 0 unspecified atom stereocenters. The molecule has 0 atom stereocenters. The van der Waals surface area contributed by atoms with Crippen molar-refractivity contribution >= 4 is 28.3 Å². The minimum Gasteiger partial charge on any atom is -0.479 e. The summed E-state index contributed by atoms with van der Waals surface area (Å²) in [5.74, 6) is 0.436. The Labute approximate surface area is 130 Å². The van der Waals surface area contributed by atoms with Crippen LogP contribution in [0.2, 0.25) is 0 Å². The summed E-state index contributed by atoms with van der Waals surface area (Å²) < 4.78 is 19.0. The first-order chi connectivity index (χ1) is 9.69. The van der Waals surface area contributed by atoms with Gasteiger partial charge in [0.2, 0.25) is 0 Å². The van der Waals surface area contributed by atoms with Crippen molar-refractivity contribution in [3.05, 3.63) is 57.4 Å². The Balaban J connectivity index is 1.95. The van der Waals surface area contributed by atoms with Gasteiger partial charge in [0, 0.05) is 15.8 Å². The average Bonchev–Trinajstić information content (AvgIpc) is 2.45. The molecule has 0 amide bonds. The molecule has 102 valence electrons. The first-order valence-electron chi connectivity index (χ1n) is 5.96. The molecule has 0 fully saturated rings. The van der Waals surface area contributed by atoms with Gasteiger partial charge in [-0.2, -0.15) is 5.26 Å². The van der Waals surface area contributed by atoms with Crippen LogP contribution in [-0.4, -0.2) is 6.61 Å². The van der Waals surface area contributed by atoms with Crippen molar-refractivity contribution in [2.75, 3.05) is 11.9 Å². The molecule has 0 aliphatic heterocycles. The lowest BCUT2D eigenvalue weighted by Crippen LogP contribution is -2.01.